The molecular formula is C14H24N2O3. The third-order valence-corrected chi connectivity index (χ3v) is 4.69. The molecule has 2 unspecified atom stereocenters. The van der Waals surface area contributed by atoms with Crippen LogP contribution in [0.1, 0.15) is 46.0 Å². The molecule has 0 aliphatic heterocycles. The topological polar surface area (TPSA) is 78.4 Å². The van der Waals surface area contributed by atoms with Gasteiger partial charge < -0.3 is 15.7 Å². The minimum Gasteiger partial charge on any atom is -0.480 e. The second-order valence-electron chi connectivity index (χ2n) is 6.38. The van der Waals surface area contributed by atoms with Gasteiger partial charge in [-0.05, 0) is 49.9 Å². The monoisotopic (exact) mass is 268 g/mol. The van der Waals surface area contributed by atoms with Crippen LogP contribution in [0.15, 0.2) is 0 Å². The number of rotatable bonds is 4. The molecule has 0 aromatic carbocycles. The van der Waals surface area contributed by atoms with Crippen LogP contribution < -0.4 is 10.6 Å². The van der Waals surface area contributed by atoms with E-state index in [2.05, 4.69) is 24.5 Å². The minimum absolute atomic E-state index is 0.337. The van der Waals surface area contributed by atoms with Crippen LogP contribution in [0.25, 0.3) is 0 Å². The maximum atomic E-state index is 11.9. The summed E-state index contributed by atoms with van der Waals surface area (Å²) < 4.78 is 0. The van der Waals surface area contributed by atoms with Gasteiger partial charge in [0.2, 0.25) is 0 Å². The largest absolute Gasteiger partial charge is 0.480 e. The Morgan fingerprint density at radius 2 is 1.84 bits per heavy atom. The zero-order valence-corrected chi connectivity index (χ0v) is 11.7. The van der Waals surface area contributed by atoms with E-state index < -0.39 is 11.5 Å². The quantitative estimate of drug-likeness (QED) is 0.729. The van der Waals surface area contributed by atoms with Crippen molar-refractivity contribution in [2.75, 3.05) is 6.54 Å². The summed E-state index contributed by atoms with van der Waals surface area (Å²) >= 11 is 0. The molecule has 0 radical (unpaired) electrons. The number of hydrogen-bond acceptors (Lipinski definition) is 2. The summed E-state index contributed by atoms with van der Waals surface area (Å²) in [6.07, 6.45) is 3.91. The van der Waals surface area contributed by atoms with Crippen molar-refractivity contribution in [1.82, 2.24) is 10.6 Å². The summed E-state index contributed by atoms with van der Waals surface area (Å²) in [7, 11) is 0. The van der Waals surface area contributed by atoms with Gasteiger partial charge in [-0.1, -0.05) is 13.8 Å². The van der Waals surface area contributed by atoms with Crippen molar-refractivity contribution < 1.29 is 14.7 Å². The van der Waals surface area contributed by atoms with E-state index in [-0.39, 0.29) is 6.03 Å². The van der Waals surface area contributed by atoms with Gasteiger partial charge in [0.05, 0.1) is 0 Å². The van der Waals surface area contributed by atoms with E-state index >= 15 is 0 Å². The second kappa shape index (κ2) is 5.39. The van der Waals surface area contributed by atoms with Crippen LogP contribution in [-0.4, -0.2) is 29.2 Å². The summed E-state index contributed by atoms with van der Waals surface area (Å²) in [6.45, 7) is 4.94. The number of carboxylic acid groups (broad SMARTS) is 1. The highest BCUT2D eigenvalue weighted by atomic mass is 16.4. The summed E-state index contributed by atoms with van der Waals surface area (Å²) in [5, 5.41) is 14.9. The van der Waals surface area contributed by atoms with Gasteiger partial charge in [-0.2, -0.15) is 0 Å². The average molecular weight is 268 g/mol. The Labute approximate surface area is 114 Å². The van der Waals surface area contributed by atoms with Crippen LogP contribution >= 0.6 is 0 Å². The van der Waals surface area contributed by atoms with Crippen molar-refractivity contribution in [2.45, 2.75) is 51.5 Å². The van der Waals surface area contributed by atoms with E-state index in [9.17, 15) is 14.7 Å². The highest BCUT2D eigenvalue weighted by Gasteiger charge is 2.42. The molecule has 0 spiro atoms. The van der Waals surface area contributed by atoms with Gasteiger partial charge in [-0.25, -0.2) is 9.59 Å². The van der Waals surface area contributed by atoms with E-state index in [1.54, 1.807) is 0 Å². The average Bonchev–Trinajstić information content (AvgIpc) is 3.06. The Kier molecular flexibility index (Phi) is 4.02. The zero-order chi connectivity index (χ0) is 14.0. The maximum Gasteiger partial charge on any atom is 0.329 e. The summed E-state index contributed by atoms with van der Waals surface area (Å²) in [5.41, 5.74) is -1.06. The van der Waals surface area contributed by atoms with Crippen LogP contribution in [0, 0.1) is 17.8 Å². The lowest BCUT2D eigenvalue weighted by atomic mass is 9.77. The van der Waals surface area contributed by atoms with Crippen molar-refractivity contribution in [3.05, 3.63) is 0 Å². The molecule has 2 aliphatic carbocycles. The SMILES string of the molecule is CC1CCC(NC(=O)NCC2CC2C)(C(=O)O)CC1. The number of carbonyl (C=O) groups is 2. The van der Waals surface area contributed by atoms with Gasteiger partial charge >= 0.3 is 12.0 Å². The smallest absolute Gasteiger partial charge is 0.329 e. The molecule has 2 aliphatic rings. The molecule has 2 rings (SSSR count). The summed E-state index contributed by atoms with van der Waals surface area (Å²) in [5.74, 6) is 0.890. The zero-order valence-electron chi connectivity index (χ0n) is 11.7. The standard InChI is InChI=1S/C14H24N2O3/c1-9-3-5-14(6-4-9,12(17)18)16-13(19)15-8-11-7-10(11)2/h9-11H,3-8H2,1-2H3,(H,17,18)(H2,15,16,19). The molecule has 0 heterocycles. The first kappa shape index (κ1) is 14.2. The van der Waals surface area contributed by atoms with E-state index in [0.29, 0.717) is 37.1 Å². The molecule has 19 heavy (non-hydrogen) atoms. The normalized spacial score (nSPS) is 37.5. The minimum atomic E-state index is -1.06. The Bertz CT molecular complexity index is 362. The number of carbonyl (C=O) groups excluding carboxylic acids is 1. The molecule has 3 N–H and O–H groups in total. The van der Waals surface area contributed by atoms with Crippen molar-refractivity contribution in [3.63, 3.8) is 0 Å². The summed E-state index contributed by atoms with van der Waals surface area (Å²) in [4.78, 5) is 23.3. The molecule has 2 atom stereocenters. The van der Waals surface area contributed by atoms with E-state index in [1.165, 1.54) is 0 Å². The van der Waals surface area contributed by atoms with Gasteiger partial charge in [0, 0.05) is 6.54 Å². The molecule has 5 heteroatoms. The van der Waals surface area contributed by atoms with Crippen molar-refractivity contribution >= 4 is 12.0 Å². The molecule has 2 amide bonds. The Morgan fingerprint density at radius 3 is 2.32 bits per heavy atom. The lowest BCUT2D eigenvalue weighted by Gasteiger charge is -2.36. The molecule has 0 aromatic rings. The number of aliphatic carboxylic acids is 1. The van der Waals surface area contributed by atoms with Gasteiger partial charge in [0.25, 0.3) is 0 Å². The van der Waals surface area contributed by atoms with Crippen LogP contribution in [0.4, 0.5) is 4.79 Å². The van der Waals surface area contributed by atoms with E-state index in [4.69, 9.17) is 0 Å². The number of hydrogen-bond donors (Lipinski definition) is 3. The third kappa shape index (κ3) is 3.39. The lowest BCUT2D eigenvalue weighted by molar-refractivity contribution is -0.146. The highest BCUT2D eigenvalue weighted by Crippen LogP contribution is 2.36. The Hall–Kier alpha value is -1.26. The number of amides is 2. The van der Waals surface area contributed by atoms with Gasteiger partial charge in [-0.3, -0.25) is 0 Å². The first-order chi connectivity index (χ1) is 8.93. The van der Waals surface area contributed by atoms with Crippen molar-refractivity contribution in [2.24, 2.45) is 17.8 Å². The molecule has 2 saturated carbocycles. The second-order valence-corrected chi connectivity index (χ2v) is 6.38. The Morgan fingerprint density at radius 1 is 1.26 bits per heavy atom. The Balaban J connectivity index is 1.85. The molecule has 0 aromatic heterocycles. The molecule has 0 saturated heterocycles. The first-order valence-corrected chi connectivity index (χ1v) is 7.22. The van der Waals surface area contributed by atoms with Crippen LogP contribution in [-0.2, 0) is 4.79 Å². The van der Waals surface area contributed by atoms with E-state index in [0.717, 1.165) is 19.3 Å². The van der Waals surface area contributed by atoms with Crippen LogP contribution in [0.3, 0.4) is 0 Å². The third-order valence-electron chi connectivity index (χ3n) is 4.69. The maximum absolute atomic E-state index is 11.9. The molecule has 0 bridgehead atoms. The molecule has 2 fully saturated rings. The molecule has 108 valence electrons. The van der Waals surface area contributed by atoms with Gasteiger partial charge in [0.15, 0.2) is 0 Å². The highest BCUT2D eigenvalue weighted by molar-refractivity contribution is 5.86. The van der Waals surface area contributed by atoms with Crippen LogP contribution in [0.2, 0.25) is 0 Å². The number of nitrogens with one attached hydrogen (secondary N) is 2. The lowest BCUT2D eigenvalue weighted by Crippen LogP contribution is -2.58. The van der Waals surface area contributed by atoms with Gasteiger partial charge in [0.1, 0.15) is 5.54 Å². The summed E-state index contributed by atoms with van der Waals surface area (Å²) in [6, 6.07) is -0.337. The van der Waals surface area contributed by atoms with E-state index in [1.807, 2.05) is 0 Å². The molecule has 5 nitrogen and oxygen atoms in total. The van der Waals surface area contributed by atoms with Crippen molar-refractivity contribution in [3.8, 4) is 0 Å². The fourth-order valence-corrected chi connectivity index (χ4v) is 2.82. The number of urea groups is 1. The van der Waals surface area contributed by atoms with Crippen LogP contribution in [0.5, 0.6) is 0 Å². The predicted octanol–water partition coefficient (Wildman–Crippen LogP) is 1.98. The fraction of sp³-hybridized carbons (Fsp3) is 0.857. The van der Waals surface area contributed by atoms with Crippen molar-refractivity contribution in [1.29, 1.82) is 0 Å². The first-order valence-electron chi connectivity index (χ1n) is 7.22. The fourth-order valence-electron chi connectivity index (χ4n) is 2.82. The van der Waals surface area contributed by atoms with Gasteiger partial charge in [-0.15, -0.1) is 0 Å². The molecular weight excluding hydrogens is 244 g/mol. The number of carboxylic acids is 1. The predicted molar refractivity (Wildman–Crippen MR) is 71.8 cm³/mol.